The number of aliphatic hydroxyl groups excluding tert-OH is 1. The molecule has 0 spiro atoms. The van der Waals surface area contributed by atoms with Gasteiger partial charge < -0.3 is 10.4 Å². The third kappa shape index (κ3) is 5.31. The summed E-state index contributed by atoms with van der Waals surface area (Å²) in [5, 5.41) is 12.0. The van der Waals surface area contributed by atoms with E-state index >= 15 is 0 Å². The van der Waals surface area contributed by atoms with Gasteiger partial charge in [0.1, 0.15) is 5.75 Å². The fourth-order valence-electron chi connectivity index (χ4n) is 1.01. The Bertz CT molecular complexity index is 392. The average molecular weight is 232 g/mol. The first kappa shape index (κ1) is 11.9. The highest BCUT2D eigenvalue weighted by atomic mass is 32.2. The highest BCUT2D eigenvalue weighted by Gasteiger charge is 2.13. The van der Waals surface area contributed by atoms with Crippen molar-refractivity contribution in [1.82, 2.24) is 4.98 Å². The van der Waals surface area contributed by atoms with Gasteiger partial charge in [-0.1, -0.05) is 0 Å². The smallest absolute Gasteiger partial charge is 0.267 e. The quantitative estimate of drug-likeness (QED) is 0.605. The van der Waals surface area contributed by atoms with Gasteiger partial charge in [-0.15, -0.1) is 0 Å². The summed E-state index contributed by atoms with van der Waals surface area (Å²) < 4.78 is 29.3. The molecule has 3 N–H and O–H groups in total. The Kier molecular flexibility index (Phi) is 4.01. The van der Waals surface area contributed by atoms with Gasteiger partial charge in [0.15, 0.2) is 0 Å². The highest BCUT2D eigenvalue weighted by Crippen LogP contribution is 2.03. The zero-order valence-corrected chi connectivity index (χ0v) is 8.68. The molecule has 1 atom stereocenters. The summed E-state index contributed by atoms with van der Waals surface area (Å²) in [5.41, 5.74) is 0.722. The van der Waals surface area contributed by atoms with Crippen molar-refractivity contribution in [3.05, 3.63) is 24.5 Å². The van der Waals surface area contributed by atoms with Gasteiger partial charge in [-0.2, -0.15) is 8.42 Å². The van der Waals surface area contributed by atoms with Gasteiger partial charge >= 0.3 is 0 Å². The molecule has 0 radical (unpaired) electrons. The van der Waals surface area contributed by atoms with Gasteiger partial charge in [0, 0.05) is 24.6 Å². The van der Waals surface area contributed by atoms with Crippen molar-refractivity contribution in [1.29, 1.82) is 0 Å². The van der Waals surface area contributed by atoms with Gasteiger partial charge in [-0.3, -0.25) is 9.54 Å². The molecule has 0 saturated carbocycles. The van der Waals surface area contributed by atoms with E-state index in [-0.39, 0.29) is 6.54 Å². The second kappa shape index (κ2) is 5.06. The zero-order chi connectivity index (χ0) is 11.3. The maximum Gasteiger partial charge on any atom is 0.267 e. The molecule has 84 valence electrons. The minimum absolute atomic E-state index is 0.0454. The maximum atomic E-state index is 10.4. The number of aliphatic hydroxyl groups is 1. The molecule has 0 aliphatic carbocycles. The Hall–Kier alpha value is -1.18. The summed E-state index contributed by atoms with van der Waals surface area (Å²) in [6.07, 6.45) is 1.99. The largest absolute Gasteiger partial charge is 0.390 e. The van der Waals surface area contributed by atoms with Gasteiger partial charge in [0.05, 0.1) is 6.10 Å². The van der Waals surface area contributed by atoms with E-state index in [1.807, 2.05) is 0 Å². The monoisotopic (exact) mass is 232 g/mol. The molecule has 1 aromatic heterocycles. The normalized spacial score (nSPS) is 13.5. The molecule has 6 nitrogen and oxygen atoms in total. The number of aromatic nitrogens is 1. The van der Waals surface area contributed by atoms with E-state index in [0.29, 0.717) is 0 Å². The molecule has 1 rings (SSSR count). The third-order valence-corrected chi connectivity index (χ3v) is 2.43. The van der Waals surface area contributed by atoms with Crippen molar-refractivity contribution in [3.8, 4) is 0 Å². The van der Waals surface area contributed by atoms with E-state index in [0.717, 1.165) is 5.69 Å². The van der Waals surface area contributed by atoms with Crippen LogP contribution < -0.4 is 5.32 Å². The lowest BCUT2D eigenvalue weighted by Crippen LogP contribution is -2.27. The van der Waals surface area contributed by atoms with Crippen molar-refractivity contribution in [3.63, 3.8) is 0 Å². The van der Waals surface area contributed by atoms with Crippen LogP contribution in [0.5, 0.6) is 0 Å². The standard InChI is InChI=1S/C8H12N2O4S/c11-8(6-15(12,13)14)5-10-7-1-3-9-4-2-7/h1-4,8,11H,5-6H2,(H,9,10)(H,12,13,14). The molecular formula is C8H12N2O4S. The Morgan fingerprint density at radius 3 is 2.53 bits per heavy atom. The number of anilines is 1. The highest BCUT2D eigenvalue weighted by molar-refractivity contribution is 7.85. The van der Waals surface area contributed by atoms with Crippen molar-refractivity contribution in [2.75, 3.05) is 17.6 Å². The molecule has 0 amide bonds. The average Bonchev–Trinajstić information content (AvgIpc) is 2.14. The lowest BCUT2D eigenvalue weighted by molar-refractivity contribution is 0.208. The fourth-order valence-corrected chi connectivity index (χ4v) is 1.61. The van der Waals surface area contributed by atoms with Crippen LogP contribution in [0.15, 0.2) is 24.5 Å². The topological polar surface area (TPSA) is 99.5 Å². The Morgan fingerprint density at radius 1 is 1.40 bits per heavy atom. The second-order valence-electron chi connectivity index (χ2n) is 3.02. The minimum atomic E-state index is -4.13. The van der Waals surface area contributed by atoms with Gasteiger partial charge in [-0.05, 0) is 12.1 Å². The molecule has 1 unspecified atom stereocenters. The van der Waals surface area contributed by atoms with Gasteiger partial charge in [0.25, 0.3) is 10.1 Å². The maximum absolute atomic E-state index is 10.4. The number of pyridine rings is 1. The summed E-state index contributed by atoms with van der Waals surface area (Å²) in [4.78, 5) is 3.79. The number of nitrogens with zero attached hydrogens (tertiary/aromatic N) is 1. The predicted octanol–water partition coefficient (Wildman–Crippen LogP) is -0.258. The Labute approximate surface area is 87.7 Å². The number of nitrogens with one attached hydrogen (secondary N) is 1. The molecule has 0 bridgehead atoms. The van der Waals surface area contributed by atoms with Crippen LogP contribution >= 0.6 is 0 Å². The van der Waals surface area contributed by atoms with E-state index in [1.165, 1.54) is 0 Å². The van der Waals surface area contributed by atoms with Crippen LogP contribution in [-0.2, 0) is 10.1 Å². The summed E-state index contributed by atoms with van der Waals surface area (Å²) in [6, 6.07) is 3.36. The number of rotatable bonds is 5. The lowest BCUT2D eigenvalue weighted by Gasteiger charge is -2.10. The SMILES string of the molecule is O=S(=O)(O)CC(O)CNc1ccncc1. The lowest BCUT2D eigenvalue weighted by atomic mass is 10.3. The van der Waals surface area contributed by atoms with Crippen LogP contribution in [0.25, 0.3) is 0 Å². The number of hydrogen-bond acceptors (Lipinski definition) is 5. The molecule has 15 heavy (non-hydrogen) atoms. The molecule has 1 heterocycles. The van der Waals surface area contributed by atoms with Crippen LogP contribution in [0.3, 0.4) is 0 Å². The summed E-state index contributed by atoms with van der Waals surface area (Å²) in [6.45, 7) is 0.0454. The summed E-state index contributed by atoms with van der Waals surface area (Å²) >= 11 is 0. The van der Waals surface area contributed by atoms with E-state index in [2.05, 4.69) is 10.3 Å². The van der Waals surface area contributed by atoms with Crippen molar-refractivity contribution in [2.24, 2.45) is 0 Å². The van der Waals surface area contributed by atoms with Crippen LogP contribution in [-0.4, -0.2) is 41.5 Å². The van der Waals surface area contributed by atoms with Crippen LogP contribution in [0.1, 0.15) is 0 Å². The van der Waals surface area contributed by atoms with Crippen LogP contribution in [0.4, 0.5) is 5.69 Å². The first-order chi connectivity index (χ1) is 6.97. The van der Waals surface area contributed by atoms with Crippen molar-refractivity contribution in [2.45, 2.75) is 6.10 Å². The van der Waals surface area contributed by atoms with Crippen LogP contribution in [0, 0.1) is 0 Å². The second-order valence-corrected chi connectivity index (χ2v) is 4.52. The first-order valence-corrected chi connectivity index (χ1v) is 5.85. The summed E-state index contributed by atoms with van der Waals surface area (Å²) in [5.74, 6) is -0.676. The van der Waals surface area contributed by atoms with Crippen LogP contribution in [0.2, 0.25) is 0 Å². The minimum Gasteiger partial charge on any atom is -0.390 e. The van der Waals surface area contributed by atoms with E-state index in [9.17, 15) is 13.5 Å². The third-order valence-electron chi connectivity index (χ3n) is 1.63. The Morgan fingerprint density at radius 2 is 2.00 bits per heavy atom. The number of hydrogen-bond donors (Lipinski definition) is 3. The molecule has 0 saturated heterocycles. The van der Waals surface area contributed by atoms with Crippen molar-refractivity contribution < 1.29 is 18.1 Å². The molecular weight excluding hydrogens is 220 g/mol. The molecule has 0 aliphatic rings. The Balaban J connectivity index is 2.38. The molecule has 7 heteroatoms. The zero-order valence-electron chi connectivity index (χ0n) is 7.87. The molecule has 1 aromatic rings. The van der Waals surface area contributed by atoms with Gasteiger partial charge in [-0.25, -0.2) is 0 Å². The predicted molar refractivity (Wildman–Crippen MR) is 55.1 cm³/mol. The molecule has 0 fully saturated rings. The molecule has 0 aliphatic heterocycles. The first-order valence-electron chi connectivity index (χ1n) is 4.24. The summed E-state index contributed by atoms with van der Waals surface area (Å²) in [7, 11) is -4.13. The van der Waals surface area contributed by atoms with Gasteiger partial charge in [0.2, 0.25) is 0 Å². The van der Waals surface area contributed by atoms with E-state index in [4.69, 9.17) is 4.55 Å². The molecule has 0 aromatic carbocycles. The van der Waals surface area contributed by atoms with E-state index < -0.39 is 22.0 Å². The van der Waals surface area contributed by atoms with E-state index in [1.54, 1.807) is 24.5 Å². The fraction of sp³-hybridized carbons (Fsp3) is 0.375. The van der Waals surface area contributed by atoms with Crippen molar-refractivity contribution >= 4 is 15.8 Å².